The van der Waals surface area contributed by atoms with E-state index in [1.54, 1.807) is 29.5 Å². The number of hydrogen-bond acceptors (Lipinski definition) is 3. The van der Waals surface area contributed by atoms with E-state index < -0.39 is 17.7 Å². The quantitative estimate of drug-likeness (QED) is 0.611. The summed E-state index contributed by atoms with van der Waals surface area (Å²) in [5.74, 6) is -0.722. The monoisotopic (exact) mass is 345 g/mol. The summed E-state index contributed by atoms with van der Waals surface area (Å²) < 4.78 is 41.6. The predicted octanol–water partition coefficient (Wildman–Crippen LogP) is 2.88. The fourth-order valence-corrected chi connectivity index (χ4v) is 1.64. The van der Waals surface area contributed by atoms with Gasteiger partial charge in [-0.15, -0.1) is 0 Å². The Morgan fingerprint density at radius 1 is 1.56 bits per heavy atom. The molecular formula is C9H7F3INO2. The van der Waals surface area contributed by atoms with Crippen molar-refractivity contribution in [2.75, 3.05) is 6.61 Å². The molecular weight excluding hydrogens is 338 g/mol. The van der Waals surface area contributed by atoms with Crippen molar-refractivity contribution in [2.24, 2.45) is 0 Å². The van der Waals surface area contributed by atoms with Crippen LogP contribution in [-0.4, -0.2) is 17.6 Å². The Hall–Kier alpha value is -0.860. The normalized spacial score (nSPS) is 11.3. The molecule has 0 saturated carbocycles. The fraction of sp³-hybridized carbons (Fsp3) is 0.333. The van der Waals surface area contributed by atoms with Gasteiger partial charge in [0.2, 0.25) is 0 Å². The molecule has 0 radical (unpaired) electrons. The largest absolute Gasteiger partial charge is 0.461 e. The number of aromatic nitrogens is 1. The molecule has 0 fully saturated rings. The number of pyridine rings is 1. The van der Waals surface area contributed by atoms with Gasteiger partial charge in [-0.05, 0) is 35.6 Å². The Morgan fingerprint density at radius 2 is 2.19 bits per heavy atom. The van der Waals surface area contributed by atoms with E-state index in [2.05, 4.69) is 9.72 Å². The van der Waals surface area contributed by atoms with Crippen molar-refractivity contribution in [1.82, 2.24) is 4.98 Å². The number of halogens is 4. The van der Waals surface area contributed by atoms with E-state index in [-0.39, 0.29) is 15.9 Å². The second kappa shape index (κ2) is 4.98. The molecule has 3 nitrogen and oxygen atoms in total. The molecule has 0 spiro atoms. The maximum atomic E-state index is 12.3. The summed E-state index contributed by atoms with van der Waals surface area (Å²) in [6, 6.07) is 0.861. The first kappa shape index (κ1) is 13.2. The second-order valence-electron chi connectivity index (χ2n) is 2.77. The highest BCUT2D eigenvalue weighted by molar-refractivity contribution is 14.1. The molecule has 1 aromatic rings. The molecule has 0 saturated heterocycles. The molecule has 7 heteroatoms. The van der Waals surface area contributed by atoms with E-state index in [4.69, 9.17) is 0 Å². The highest BCUT2D eigenvalue weighted by atomic mass is 127. The summed E-state index contributed by atoms with van der Waals surface area (Å²) in [5, 5.41) is 0. The molecule has 0 aliphatic heterocycles. The van der Waals surface area contributed by atoms with Crippen molar-refractivity contribution in [3.8, 4) is 0 Å². The SMILES string of the molecule is CCOC(=O)c1ncc(C(F)(F)F)cc1I. The molecule has 0 N–H and O–H groups in total. The van der Waals surface area contributed by atoms with Crippen LogP contribution in [-0.2, 0) is 10.9 Å². The average Bonchev–Trinajstić information content (AvgIpc) is 2.16. The van der Waals surface area contributed by atoms with Crippen LogP contribution in [0, 0.1) is 3.57 Å². The summed E-state index contributed by atoms with van der Waals surface area (Å²) in [7, 11) is 0. The van der Waals surface area contributed by atoms with Crippen LogP contribution in [0.3, 0.4) is 0 Å². The molecule has 0 aromatic carbocycles. The summed E-state index contributed by atoms with van der Waals surface area (Å²) >= 11 is 1.62. The number of alkyl halides is 3. The Morgan fingerprint density at radius 3 is 2.62 bits per heavy atom. The molecule has 0 aliphatic rings. The summed E-state index contributed by atoms with van der Waals surface area (Å²) in [4.78, 5) is 14.7. The van der Waals surface area contributed by atoms with Crippen molar-refractivity contribution in [2.45, 2.75) is 13.1 Å². The van der Waals surface area contributed by atoms with Gasteiger partial charge in [0.15, 0.2) is 5.69 Å². The molecule has 0 aliphatic carbocycles. The van der Waals surface area contributed by atoms with Crippen LogP contribution < -0.4 is 0 Å². The number of rotatable bonds is 2. The zero-order chi connectivity index (χ0) is 12.3. The zero-order valence-electron chi connectivity index (χ0n) is 8.14. The molecule has 88 valence electrons. The maximum Gasteiger partial charge on any atom is 0.417 e. The van der Waals surface area contributed by atoms with Gasteiger partial charge in [-0.2, -0.15) is 13.2 Å². The predicted molar refractivity (Wildman–Crippen MR) is 57.9 cm³/mol. The number of esters is 1. The molecule has 0 unspecified atom stereocenters. The van der Waals surface area contributed by atoms with Gasteiger partial charge in [-0.3, -0.25) is 0 Å². The van der Waals surface area contributed by atoms with Crippen LogP contribution >= 0.6 is 22.6 Å². The van der Waals surface area contributed by atoms with E-state index in [1.165, 1.54) is 0 Å². The summed E-state index contributed by atoms with van der Waals surface area (Å²) in [6.45, 7) is 1.76. The van der Waals surface area contributed by atoms with Crippen LogP contribution in [0.2, 0.25) is 0 Å². The average molecular weight is 345 g/mol. The highest BCUT2D eigenvalue weighted by Gasteiger charge is 2.32. The maximum absolute atomic E-state index is 12.3. The van der Waals surface area contributed by atoms with Crippen molar-refractivity contribution >= 4 is 28.6 Å². The molecule has 1 rings (SSSR count). The molecule has 0 amide bonds. The minimum absolute atomic E-state index is 0.101. The molecule has 0 bridgehead atoms. The van der Waals surface area contributed by atoms with E-state index >= 15 is 0 Å². The van der Waals surface area contributed by atoms with Gasteiger partial charge in [-0.1, -0.05) is 0 Å². The van der Waals surface area contributed by atoms with E-state index in [0.29, 0.717) is 6.20 Å². The lowest BCUT2D eigenvalue weighted by atomic mass is 10.2. The van der Waals surface area contributed by atoms with E-state index in [9.17, 15) is 18.0 Å². The number of ether oxygens (including phenoxy) is 1. The van der Waals surface area contributed by atoms with Crippen LogP contribution in [0.4, 0.5) is 13.2 Å². The number of carbonyl (C=O) groups is 1. The first-order valence-corrected chi connectivity index (χ1v) is 5.34. The Bertz CT molecular complexity index is 406. The molecule has 1 heterocycles. The van der Waals surface area contributed by atoms with Crippen molar-refractivity contribution in [3.05, 3.63) is 27.1 Å². The summed E-state index contributed by atoms with van der Waals surface area (Å²) in [6.07, 6.45) is -3.84. The third-order valence-corrected chi connectivity index (χ3v) is 2.46. The van der Waals surface area contributed by atoms with Crippen molar-refractivity contribution in [3.63, 3.8) is 0 Å². The van der Waals surface area contributed by atoms with Crippen LogP contribution in [0.5, 0.6) is 0 Å². The van der Waals surface area contributed by atoms with Crippen LogP contribution in [0.15, 0.2) is 12.3 Å². The van der Waals surface area contributed by atoms with Crippen molar-refractivity contribution in [1.29, 1.82) is 0 Å². The minimum Gasteiger partial charge on any atom is -0.461 e. The standard InChI is InChI=1S/C9H7F3INO2/c1-2-16-8(15)7-6(13)3-5(4-14-7)9(10,11)12/h3-4H,2H2,1H3. The second-order valence-corrected chi connectivity index (χ2v) is 3.93. The van der Waals surface area contributed by atoms with Gasteiger partial charge in [0, 0.05) is 9.77 Å². The van der Waals surface area contributed by atoms with Gasteiger partial charge < -0.3 is 4.74 Å². The highest BCUT2D eigenvalue weighted by Crippen LogP contribution is 2.30. The Labute approximate surface area is 103 Å². The minimum atomic E-state index is -4.46. The lowest BCUT2D eigenvalue weighted by Gasteiger charge is -2.08. The van der Waals surface area contributed by atoms with Gasteiger partial charge >= 0.3 is 12.1 Å². The van der Waals surface area contributed by atoms with Gasteiger partial charge in [-0.25, -0.2) is 9.78 Å². The lowest BCUT2D eigenvalue weighted by Crippen LogP contribution is -2.12. The molecule has 16 heavy (non-hydrogen) atoms. The third-order valence-electron chi connectivity index (χ3n) is 1.64. The Kier molecular flexibility index (Phi) is 4.11. The van der Waals surface area contributed by atoms with Crippen LogP contribution in [0.1, 0.15) is 23.0 Å². The van der Waals surface area contributed by atoms with Crippen LogP contribution in [0.25, 0.3) is 0 Å². The summed E-state index contributed by atoms with van der Waals surface area (Å²) in [5.41, 5.74) is -0.986. The fourth-order valence-electron chi connectivity index (χ4n) is 0.943. The Balaban J connectivity index is 3.05. The number of hydrogen-bond donors (Lipinski definition) is 0. The smallest absolute Gasteiger partial charge is 0.417 e. The number of nitrogens with zero attached hydrogens (tertiary/aromatic N) is 1. The zero-order valence-corrected chi connectivity index (χ0v) is 10.3. The molecule has 0 atom stereocenters. The van der Waals surface area contributed by atoms with Crippen molar-refractivity contribution < 1.29 is 22.7 Å². The van der Waals surface area contributed by atoms with E-state index in [0.717, 1.165) is 6.07 Å². The first-order valence-electron chi connectivity index (χ1n) is 4.26. The van der Waals surface area contributed by atoms with Gasteiger partial charge in [0.05, 0.1) is 12.2 Å². The first-order chi connectivity index (χ1) is 7.36. The van der Waals surface area contributed by atoms with Gasteiger partial charge in [0.1, 0.15) is 0 Å². The number of carbonyl (C=O) groups excluding carboxylic acids is 1. The third kappa shape index (κ3) is 3.06. The topological polar surface area (TPSA) is 39.2 Å². The lowest BCUT2D eigenvalue weighted by molar-refractivity contribution is -0.137. The van der Waals surface area contributed by atoms with Gasteiger partial charge in [0.25, 0.3) is 0 Å². The molecule has 1 aromatic heterocycles. The van der Waals surface area contributed by atoms with E-state index in [1.807, 2.05) is 0 Å².